The van der Waals surface area contributed by atoms with Crippen molar-refractivity contribution >= 4 is 29.0 Å². The minimum Gasteiger partial charge on any atom is -0.365 e. The number of rotatable bonds is 4. The molecule has 0 aromatic carbocycles. The largest absolute Gasteiger partial charge is 0.365 e. The lowest BCUT2D eigenvalue weighted by molar-refractivity contribution is 0.100. The third kappa shape index (κ3) is 4.24. The van der Waals surface area contributed by atoms with Gasteiger partial charge in [0.05, 0.1) is 17.9 Å². The molecular formula is C16H19ClN6O. The van der Waals surface area contributed by atoms with E-state index in [1.54, 1.807) is 24.5 Å². The molecule has 7 nitrogen and oxygen atoms in total. The lowest BCUT2D eigenvalue weighted by Crippen LogP contribution is -2.14. The average Bonchev–Trinajstić information content (AvgIpc) is 3.04. The van der Waals surface area contributed by atoms with Gasteiger partial charge in [-0.15, -0.1) is 0 Å². The summed E-state index contributed by atoms with van der Waals surface area (Å²) in [5.41, 5.74) is 6.56. The Balaban J connectivity index is 0.00000100. The molecule has 1 saturated carbocycles. The van der Waals surface area contributed by atoms with Crippen LogP contribution in [0.2, 0.25) is 5.15 Å². The SMILES string of the molecule is C#N.NC(=O)c1cn(C2CCCCC2)nc1Nc1ccc(Cl)nc1. The summed E-state index contributed by atoms with van der Waals surface area (Å²) < 4.78 is 1.87. The molecule has 1 aliphatic rings. The van der Waals surface area contributed by atoms with Crippen LogP contribution in [-0.4, -0.2) is 20.7 Å². The number of halogens is 1. The van der Waals surface area contributed by atoms with E-state index in [1.807, 2.05) is 4.68 Å². The normalized spacial score (nSPS) is 14.5. The predicted octanol–water partition coefficient (Wildman–Crippen LogP) is 3.42. The van der Waals surface area contributed by atoms with Crippen LogP contribution in [0.25, 0.3) is 0 Å². The van der Waals surface area contributed by atoms with Crippen molar-refractivity contribution in [1.82, 2.24) is 14.8 Å². The molecule has 8 heteroatoms. The molecule has 0 saturated heterocycles. The van der Waals surface area contributed by atoms with Crippen LogP contribution in [0.4, 0.5) is 11.5 Å². The summed E-state index contributed by atoms with van der Waals surface area (Å²) in [6.07, 6.45) is 9.16. The van der Waals surface area contributed by atoms with Crippen LogP contribution < -0.4 is 11.1 Å². The second-order valence-electron chi connectivity index (χ2n) is 5.52. The fourth-order valence-corrected chi connectivity index (χ4v) is 2.90. The van der Waals surface area contributed by atoms with Crippen molar-refractivity contribution in [3.8, 4) is 6.57 Å². The van der Waals surface area contributed by atoms with E-state index in [2.05, 4.69) is 22.0 Å². The first kappa shape index (κ1) is 17.8. The van der Waals surface area contributed by atoms with Crippen LogP contribution in [0, 0.1) is 11.8 Å². The number of nitrogens with zero attached hydrogens (tertiary/aromatic N) is 4. The molecule has 0 atom stereocenters. The van der Waals surface area contributed by atoms with Crippen molar-refractivity contribution in [2.45, 2.75) is 38.1 Å². The molecule has 0 radical (unpaired) electrons. The summed E-state index contributed by atoms with van der Waals surface area (Å²) in [6.45, 7) is 3.50. The van der Waals surface area contributed by atoms with Crippen molar-refractivity contribution in [2.75, 3.05) is 5.32 Å². The number of primary amides is 1. The maximum atomic E-state index is 11.7. The van der Waals surface area contributed by atoms with Gasteiger partial charge in [0.1, 0.15) is 10.7 Å². The highest BCUT2D eigenvalue weighted by molar-refractivity contribution is 6.29. The van der Waals surface area contributed by atoms with Gasteiger partial charge >= 0.3 is 0 Å². The van der Waals surface area contributed by atoms with Crippen molar-refractivity contribution in [1.29, 1.82) is 5.26 Å². The molecular weight excluding hydrogens is 328 g/mol. The molecule has 126 valence electrons. The van der Waals surface area contributed by atoms with Gasteiger partial charge in [-0.1, -0.05) is 30.9 Å². The zero-order valence-corrected chi connectivity index (χ0v) is 13.9. The van der Waals surface area contributed by atoms with Gasteiger partial charge < -0.3 is 11.1 Å². The minimum absolute atomic E-state index is 0.339. The molecule has 2 heterocycles. The number of hydrogen-bond acceptors (Lipinski definition) is 5. The van der Waals surface area contributed by atoms with Crippen molar-refractivity contribution in [3.05, 3.63) is 35.2 Å². The first-order valence-corrected chi connectivity index (χ1v) is 8.04. The van der Waals surface area contributed by atoms with Gasteiger partial charge in [-0.3, -0.25) is 9.48 Å². The Morgan fingerprint density at radius 1 is 1.33 bits per heavy atom. The standard InChI is InChI=1S/C15H18ClN5O.CHN/c16-13-7-6-10(8-18-13)19-15-12(14(17)22)9-21(20-15)11-4-2-1-3-5-11;1-2/h6-9,11H,1-5H2,(H2,17,22)(H,19,20);1H. The minimum atomic E-state index is -0.494. The smallest absolute Gasteiger partial charge is 0.254 e. The molecule has 24 heavy (non-hydrogen) atoms. The third-order valence-corrected chi connectivity index (χ3v) is 4.16. The summed E-state index contributed by atoms with van der Waals surface area (Å²) in [4.78, 5) is 15.7. The van der Waals surface area contributed by atoms with E-state index in [1.165, 1.54) is 19.3 Å². The highest BCUT2D eigenvalue weighted by atomic mass is 35.5. The van der Waals surface area contributed by atoms with Crippen LogP contribution in [0.1, 0.15) is 48.5 Å². The predicted molar refractivity (Wildman–Crippen MR) is 92.1 cm³/mol. The van der Waals surface area contributed by atoms with Gasteiger partial charge in [-0.05, 0) is 25.0 Å². The maximum absolute atomic E-state index is 11.7. The Hall–Kier alpha value is -2.59. The lowest BCUT2D eigenvalue weighted by Gasteiger charge is -2.21. The number of carbonyl (C=O) groups excluding carboxylic acids is 1. The summed E-state index contributed by atoms with van der Waals surface area (Å²) in [5, 5.41) is 14.5. The van der Waals surface area contributed by atoms with E-state index >= 15 is 0 Å². The van der Waals surface area contributed by atoms with Gasteiger partial charge in [0.15, 0.2) is 5.82 Å². The van der Waals surface area contributed by atoms with Crippen LogP contribution in [-0.2, 0) is 0 Å². The van der Waals surface area contributed by atoms with Gasteiger partial charge in [-0.2, -0.15) is 5.10 Å². The van der Waals surface area contributed by atoms with Gasteiger partial charge in [0.2, 0.25) is 0 Å². The zero-order chi connectivity index (χ0) is 17.5. The summed E-state index contributed by atoms with van der Waals surface area (Å²) in [6, 6.07) is 3.79. The molecule has 1 fully saturated rings. The van der Waals surface area contributed by atoms with Crippen LogP contribution in [0.15, 0.2) is 24.5 Å². The molecule has 3 rings (SSSR count). The zero-order valence-electron chi connectivity index (χ0n) is 13.2. The molecule has 0 bridgehead atoms. The molecule has 3 N–H and O–H groups in total. The number of pyridine rings is 1. The van der Waals surface area contributed by atoms with E-state index in [-0.39, 0.29) is 0 Å². The number of nitrogens with one attached hydrogen (secondary N) is 1. The van der Waals surface area contributed by atoms with Gasteiger partial charge in [-0.25, -0.2) is 10.2 Å². The van der Waals surface area contributed by atoms with Crippen LogP contribution >= 0.6 is 11.6 Å². The number of nitriles is 1. The van der Waals surface area contributed by atoms with Gasteiger partial charge in [0, 0.05) is 12.8 Å². The topological polar surface area (TPSA) is 110 Å². The van der Waals surface area contributed by atoms with E-state index in [0.29, 0.717) is 28.3 Å². The highest BCUT2D eigenvalue weighted by Gasteiger charge is 2.20. The highest BCUT2D eigenvalue weighted by Crippen LogP contribution is 2.29. The number of amides is 1. The van der Waals surface area contributed by atoms with Crippen LogP contribution in [0.5, 0.6) is 0 Å². The average molecular weight is 347 g/mol. The summed E-state index contributed by atoms with van der Waals surface area (Å²) in [7, 11) is 0. The fourth-order valence-electron chi connectivity index (χ4n) is 2.78. The Morgan fingerprint density at radius 3 is 2.62 bits per heavy atom. The quantitative estimate of drug-likeness (QED) is 0.824. The van der Waals surface area contributed by atoms with Gasteiger partial charge in [0.25, 0.3) is 5.91 Å². The van der Waals surface area contributed by atoms with Crippen molar-refractivity contribution in [2.24, 2.45) is 5.73 Å². The Morgan fingerprint density at radius 2 is 2.04 bits per heavy atom. The summed E-state index contributed by atoms with van der Waals surface area (Å²) >= 11 is 5.77. The summed E-state index contributed by atoms with van der Waals surface area (Å²) in [5.74, 6) is -0.0336. The first-order chi connectivity index (χ1) is 11.6. The number of aromatic nitrogens is 3. The Kier molecular flexibility index (Phi) is 6.15. The molecule has 0 unspecified atom stereocenters. The number of nitrogens with two attached hydrogens (primary N) is 1. The molecule has 1 aliphatic carbocycles. The number of hydrogen-bond donors (Lipinski definition) is 2. The van der Waals surface area contributed by atoms with Crippen molar-refractivity contribution in [3.63, 3.8) is 0 Å². The first-order valence-electron chi connectivity index (χ1n) is 7.67. The molecule has 1 amide bonds. The van der Waals surface area contributed by atoms with E-state index in [0.717, 1.165) is 12.8 Å². The van der Waals surface area contributed by atoms with Crippen LogP contribution in [0.3, 0.4) is 0 Å². The lowest BCUT2D eigenvalue weighted by atomic mass is 9.96. The van der Waals surface area contributed by atoms with Crippen molar-refractivity contribution < 1.29 is 4.79 Å². The Labute approximate surface area is 145 Å². The number of carbonyl (C=O) groups is 1. The number of anilines is 2. The fraction of sp³-hybridized carbons (Fsp3) is 0.375. The molecule has 2 aromatic heterocycles. The Bertz CT molecular complexity index is 703. The van der Waals surface area contributed by atoms with E-state index in [4.69, 9.17) is 22.6 Å². The third-order valence-electron chi connectivity index (χ3n) is 3.94. The van der Waals surface area contributed by atoms with E-state index in [9.17, 15) is 4.79 Å². The van der Waals surface area contributed by atoms with E-state index < -0.39 is 5.91 Å². The molecule has 0 aliphatic heterocycles. The second-order valence-corrected chi connectivity index (χ2v) is 5.91. The molecule has 0 spiro atoms. The second kappa shape index (κ2) is 8.31. The monoisotopic (exact) mass is 346 g/mol. The molecule has 2 aromatic rings. The maximum Gasteiger partial charge on any atom is 0.254 e.